The molecule has 2 aromatic rings. The minimum Gasteiger partial charge on any atom is -0.397 e. The molecule has 0 spiro atoms. The number of anilines is 2. The summed E-state index contributed by atoms with van der Waals surface area (Å²) >= 11 is 0. The van der Waals surface area contributed by atoms with E-state index < -0.39 is 0 Å². The Hall–Kier alpha value is -2.03. The van der Waals surface area contributed by atoms with E-state index in [1.165, 1.54) is 11.1 Å². The molecule has 86 valence electrons. The van der Waals surface area contributed by atoms with Crippen LogP contribution in [0.4, 0.5) is 11.5 Å². The number of nitrogens with zero attached hydrogens (tertiary/aromatic N) is 2. The molecule has 0 unspecified atom stereocenters. The highest BCUT2D eigenvalue weighted by atomic mass is 15.2. The molecule has 1 aliphatic heterocycles. The highest BCUT2D eigenvalue weighted by Gasteiger charge is 2.19. The summed E-state index contributed by atoms with van der Waals surface area (Å²) in [6, 6.07) is 12.5. The molecule has 0 saturated carbocycles. The Bertz CT molecular complexity index is 538. The fraction of sp³-hybridized carbons (Fsp3) is 0.214. The number of nitrogens with two attached hydrogens (primary N) is 1. The lowest BCUT2D eigenvalue weighted by atomic mass is 10.1. The monoisotopic (exact) mass is 225 g/mol. The van der Waals surface area contributed by atoms with Crippen LogP contribution in [0.1, 0.15) is 16.8 Å². The number of hydrogen-bond donors (Lipinski definition) is 1. The minimum atomic E-state index is 0.755. The zero-order valence-corrected chi connectivity index (χ0v) is 9.85. The van der Waals surface area contributed by atoms with Gasteiger partial charge in [0.1, 0.15) is 5.82 Å². The number of fused-ring (bicyclic) bond motifs is 1. The molecular formula is C14H15N3. The van der Waals surface area contributed by atoms with E-state index in [-0.39, 0.29) is 0 Å². The molecule has 2 N–H and O–H groups in total. The van der Waals surface area contributed by atoms with E-state index in [4.69, 9.17) is 5.73 Å². The Labute approximate surface area is 101 Å². The van der Waals surface area contributed by atoms with Crippen molar-refractivity contribution in [3.8, 4) is 0 Å². The van der Waals surface area contributed by atoms with Gasteiger partial charge in [0.2, 0.25) is 0 Å². The first kappa shape index (κ1) is 10.1. The Balaban J connectivity index is 1.91. The van der Waals surface area contributed by atoms with Crippen molar-refractivity contribution in [2.45, 2.75) is 20.0 Å². The van der Waals surface area contributed by atoms with Gasteiger partial charge in [0.05, 0.1) is 11.4 Å². The largest absolute Gasteiger partial charge is 0.397 e. The van der Waals surface area contributed by atoms with Gasteiger partial charge in [-0.2, -0.15) is 0 Å². The van der Waals surface area contributed by atoms with Crippen molar-refractivity contribution in [2.75, 3.05) is 10.6 Å². The van der Waals surface area contributed by atoms with Gasteiger partial charge in [-0.25, -0.2) is 4.98 Å². The summed E-state index contributed by atoms with van der Waals surface area (Å²) in [5, 5.41) is 0. The maximum atomic E-state index is 5.79. The molecule has 0 amide bonds. The number of aromatic nitrogens is 1. The average molecular weight is 225 g/mol. The van der Waals surface area contributed by atoms with E-state index in [0.717, 1.165) is 30.3 Å². The summed E-state index contributed by atoms with van der Waals surface area (Å²) < 4.78 is 0. The van der Waals surface area contributed by atoms with Crippen LogP contribution in [0.2, 0.25) is 0 Å². The summed E-state index contributed by atoms with van der Waals surface area (Å²) in [6.45, 7) is 3.82. The summed E-state index contributed by atoms with van der Waals surface area (Å²) in [5.74, 6) is 1.01. The average Bonchev–Trinajstić information content (AvgIpc) is 2.76. The van der Waals surface area contributed by atoms with Crippen LogP contribution >= 0.6 is 0 Å². The molecule has 3 rings (SSSR count). The lowest BCUT2D eigenvalue weighted by molar-refractivity contribution is 0.853. The Kier molecular flexibility index (Phi) is 2.25. The fourth-order valence-corrected chi connectivity index (χ4v) is 2.23. The number of hydrogen-bond acceptors (Lipinski definition) is 3. The second-order valence-corrected chi connectivity index (χ2v) is 4.47. The van der Waals surface area contributed by atoms with Crippen LogP contribution in [-0.2, 0) is 13.1 Å². The highest BCUT2D eigenvalue weighted by Crippen LogP contribution is 2.27. The van der Waals surface area contributed by atoms with Crippen molar-refractivity contribution in [3.05, 3.63) is 53.2 Å². The molecule has 17 heavy (non-hydrogen) atoms. The molecular weight excluding hydrogens is 210 g/mol. The first-order chi connectivity index (χ1) is 8.24. The van der Waals surface area contributed by atoms with Gasteiger partial charge in [-0.3, -0.25) is 0 Å². The van der Waals surface area contributed by atoms with Crippen LogP contribution in [0.5, 0.6) is 0 Å². The van der Waals surface area contributed by atoms with E-state index in [1.807, 2.05) is 19.1 Å². The molecule has 3 heteroatoms. The first-order valence-electron chi connectivity index (χ1n) is 5.79. The third-order valence-electron chi connectivity index (χ3n) is 3.28. The van der Waals surface area contributed by atoms with E-state index in [1.54, 1.807) is 0 Å². The Morgan fingerprint density at radius 1 is 1.06 bits per heavy atom. The van der Waals surface area contributed by atoms with Crippen LogP contribution in [0.25, 0.3) is 0 Å². The Morgan fingerprint density at radius 3 is 2.29 bits per heavy atom. The summed E-state index contributed by atoms with van der Waals surface area (Å²) in [6.07, 6.45) is 0. The van der Waals surface area contributed by atoms with Crippen molar-refractivity contribution in [1.82, 2.24) is 4.98 Å². The van der Waals surface area contributed by atoms with E-state index in [0.29, 0.717) is 0 Å². The fourth-order valence-electron chi connectivity index (χ4n) is 2.23. The third kappa shape index (κ3) is 1.73. The lowest BCUT2D eigenvalue weighted by Crippen LogP contribution is -2.16. The molecule has 1 aromatic heterocycles. The predicted molar refractivity (Wildman–Crippen MR) is 69.7 cm³/mol. The van der Waals surface area contributed by atoms with E-state index in [2.05, 4.69) is 34.1 Å². The van der Waals surface area contributed by atoms with Crippen molar-refractivity contribution >= 4 is 11.5 Å². The smallest absolute Gasteiger partial charge is 0.129 e. The number of pyridine rings is 1. The molecule has 0 saturated heterocycles. The number of rotatable bonds is 1. The molecule has 1 aliphatic rings. The van der Waals surface area contributed by atoms with Gasteiger partial charge in [0.15, 0.2) is 0 Å². The number of nitrogen functional groups attached to an aromatic ring is 1. The third-order valence-corrected chi connectivity index (χ3v) is 3.28. The van der Waals surface area contributed by atoms with Crippen LogP contribution in [-0.4, -0.2) is 4.98 Å². The van der Waals surface area contributed by atoms with Crippen LogP contribution in [0.15, 0.2) is 36.4 Å². The zero-order valence-electron chi connectivity index (χ0n) is 9.85. The van der Waals surface area contributed by atoms with Gasteiger partial charge in [-0.15, -0.1) is 0 Å². The molecule has 3 nitrogen and oxygen atoms in total. The number of aryl methyl sites for hydroxylation is 1. The summed E-state index contributed by atoms with van der Waals surface area (Å²) in [5.41, 5.74) is 10.2. The van der Waals surface area contributed by atoms with Crippen molar-refractivity contribution in [1.29, 1.82) is 0 Å². The lowest BCUT2D eigenvalue weighted by Gasteiger charge is -2.17. The minimum absolute atomic E-state index is 0.755. The van der Waals surface area contributed by atoms with Gasteiger partial charge >= 0.3 is 0 Å². The van der Waals surface area contributed by atoms with E-state index in [9.17, 15) is 0 Å². The van der Waals surface area contributed by atoms with Gasteiger partial charge in [-0.1, -0.05) is 24.3 Å². The normalized spacial score (nSPS) is 13.8. The number of benzene rings is 1. The van der Waals surface area contributed by atoms with Crippen LogP contribution in [0.3, 0.4) is 0 Å². The van der Waals surface area contributed by atoms with Gasteiger partial charge in [0.25, 0.3) is 0 Å². The quantitative estimate of drug-likeness (QED) is 0.810. The van der Waals surface area contributed by atoms with Gasteiger partial charge < -0.3 is 10.6 Å². The molecule has 0 fully saturated rings. The SMILES string of the molecule is Cc1nc(N2Cc3ccccc3C2)ccc1N. The maximum Gasteiger partial charge on any atom is 0.129 e. The first-order valence-corrected chi connectivity index (χ1v) is 5.79. The molecule has 0 atom stereocenters. The summed E-state index contributed by atoms with van der Waals surface area (Å²) in [7, 11) is 0. The van der Waals surface area contributed by atoms with Gasteiger partial charge in [-0.05, 0) is 30.2 Å². The molecule has 0 bridgehead atoms. The van der Waals surface area contributed by atoms with Crippen molar-refractivity contribution in [3.63, 3.8) is 0 Å². The zero-order chi connectivity index (χ0) is 11.8. The van der Waals surface area contributed by atoms with Crippen LogP contribution in [0, 0.1) is 6.92 Å². The predicted octanol–water partition coefficient (Wildman–Crippen LogP) is 2.49. The molecule has 0 aliphatic carbocycles. The standard InChI is InChI=1S/C14H15N3/c1-10-13(15)6-7-14(16-10)17-8-11-4-2-3-5-12(11)9-17/h2-7H,8-9,15H2,1H3. The second kappa shape index (κ2) is 3.77. The van der Waals surface area contributed by atoms with Crippen molar-refractivity contribution < 1.29 is 0 Å². The highest BCUT2D eigenvalue weighted by molar-refractivity contribution is 5.53. The molecule has 2 heterocycles. The van der Waals surface area contributed by atoms with Crippen molar-refractivity contribution in [2.24, 2.45) is 0 Å². The maximum absolute atomic E-state index is 5.79. The molecule has 0 radical (unpaired) electrons. The summed E-state index contributed by atoms with van der Waals surface area (Å²) in [4.78, 5) is 6.81. The molecule has 1 aromatic carbocycles. The topological polar surface area (TPSA) is 42.2 Å². The second-order valence-electron chi connectivity index (χ2n) is 4.47. The van der Waals surface area contributed by atoms with E-state index >= 15 is 0 Å². The van der Waals surface area contributed by atoms with Gasteiger partial charge in [0, 0.05) is 13.1 Å². The van der Waals surface area contributed by atoms with Crippen LogP contribution < -0.4 is 10.6 Å². The Morgan fingerprint density at radius 2 is 1.71 bits per heavy atom.